The zero-order chi connectivity index (χ0) is 12.4. The number of anilines is 1. The molecular weight excluding hydrogens is 224 g/mol. The van der Waals surface area contributed by atoms with Gasteiger partial charge in [0.1, 0.15) is 6.67 Å². The van der Waals surface area contributed by atoms with Crippen LogP contribution in [0.3, 0.4) is 0 Å². The minimum absolute atomic E-state index is 0.614. The van der Waals surface area contributed by atoms with Crippen molar-refractivity contribution in [1.29, 1.82) is 0 Å². The number of hydrogen-bond acceptors (Lipinski definition) is 4. The molecule has 0 spiro atoms. The lowest BCUT2D eigenvalue weighted by molar-refractivity contribution is 0.807. The van der Waals surface area contributed by atoms with Gasteiger partial charge in [0.2, 0.25) is 0 Å². The Morgan fingerprint density at radius 1 is 1.06 bits per heavy atom. The molecule has 1 N–H and O–H groups in total. The van der Waals surface area contributed by atoms with Gasteiger partial charge in [-0.1, -0.05) is 53.3 Å². The van der Waals surface area contributed by atoms with Crippen molar-refractivity contribution in [3.05, 3.63) is 54.1 Å². The van der Waals surface area contributed by atoms with E-state index < -0.39 is 0 Å². The first-order valence-electron chi connectivity index (χ1n) is 5.92. The molecule has 2 aromatic rings. The summed E-state index contributed by atoms with van der Waals surface area (Å²) in [6, 6.07) is 16.7. The summed E-state index contributed by atoms with van der Waals surface area (Å²) >= 11 is 0. The molecule has 0 aromatic heterocycles. The first-order chi connectivity index (χ1) is 8.84. The zero-order valence-corrected chi connectivity index (χ0v) is 10.2. The van der Waals surface area contributed by atoms with Crippen LogP contribution in [0.4, 0.5) is 5.69 Å². The third-order valence-electron chi connectivity index (χ3n) is 2.99. The summed E-state index contributed by atoms with van der Waals surface area (Å²) < 4.78 is 0. The van der Waals surface area contributed by atoms with Crippen molar-refractivity contribution in [3.63, 3.8) is 0 Å². The standard InChI is InChI=1S/C14H14N4/c1-11-6-8-12(9-7-11)13-4-2-3-5-14(13)18-10-15-16-17-18/h2-9H,10H2,1H3,(H,15,17). The second kappa shape index (κ2) is 4.49. The molecular formula is C14H14N4. The molecule has 0 fully saturated rings. The van der Waals surface area contributed by atoms with Crippen molar-refractivity contribution >= 4 is 5.69 Å². The van der Waals surface area contributed by atoms with Crippen molar-refractivity contribution < 1.29 is 0 Å². The molecule has 1 heterocycles. The van der Waals surface area contributed by atoms with Crippen LogP contribution in [0, 0.1) is 6.92 Å². The minimum Gasteiger partial charge on any atom is -0.269 e. The van der Waals surface area contributed by atoms with E-state index in [1.807, 2.05) is 17.1 Å². The van der Waals surface area contributed by atoms with Crippen molar-refractivity contribution in [2.45, 2.75) is 6.92 Å². The summed E-state index contributed by atoms with van der Waals surface area (Å²) in [6.07, 6.45) is 0. The van der Waals surface area contributed by atoms with Crippen LogP contribution in [-0.4, -0.2) is 6.67 Å². The van der Waals surface area contributed by atoms with Gasteiger partial charge in [-0.2, -0.15) is 0 Å². The maximum Gasteiger partial charge on any atom is 0.129 e. The highest BCUT2D eigenvalue weighted by molar-refractivity contribution is 5.78. The van der Waals surface area contributed by atoms with E-state index in [-0.39, 0.29) is 0 Å². The molecule has 0 saturated heterocycles. The number of hydrogen-bond donors (Lipinski definition) is 1. The maximum atomic E-state index is 4.06. The second-order valence-electron chi connectivity index (χ2n) is 4.29. The van der Waals surface area contributed by atoms with Crippen LogP contribution >= 0.6 is 0 Å². The summed E-state index contributed by atoms with van der Waals surface area (Å²) in [4.78, 5) is 0. The number of benzene rings is 2. The summed E-state index contributed by atoms with van der Waals surface area (Å²) in [5, 5.41) is 9.70. The topological polar surface area (TPSA) is 40.0 Å². The van der Waals surface area contributed by atoms with Crippen LogP contribution in [0.1, 0.15) is 5.56 Å². The van der Waals surface area contributed by atoms with Crippen molar-refractivity contribution in [3.8, 4) is 11.1 Å². The predicted molar refractivity (Wildman–Crippen MR) is 72.0 cm³/mol. The third kappa shape index (κ3) is 1.93. The number of nitrogens with zero attached hydrogens (tertiary/aromatic N) is 3. The summed E-state index contributed by atoms with van der Waals surface area (Å²) in [6.45, 7) is 2.71. The molecule has 90 valence electrons. The number of para-hydroxylation sites is 1. The fraction of sp³-hybridized carbons (Fsp3) is 0.143. The molecule has 0 radical (unpaired) electrons. The largest absolute Gasteiger partial charge is 0.269 e. The van der Waals surface area contributed by atoms with E-state index in [1.165, 1.54) is 16.7 Å². The Balaban J connectivity index is 2.06. The fourth-order valence-electron chi connectivity index (χ4n) is 2.03. The van der Waals surface area contributed by atoms with Gasteiger partial charge in [-0.25, -0.2) is 5.01 Å². The van der Waals surface area contributed by atoms with Gasteiger partial charge in [0.05, 0.1) is 5.69 Å². The normalized spacial score (nSPS) is 13.7. The quantitative estimate of drug-likeness (QED) is 0.871. The van der Waals surface area contributed by atoms with Crippen LogP contribution in [0.25, 0.3) is 11.1 Å². The SMILES string of the molecule is Cc1ccc(-c2ccccc2N2CNN=N2)cc1. The molecule has 0 aliphatic carbocycles. The number of nitrogens with one attached hydrogen (secondary N) is 1. The molecule has 18 heavy (non-hydrogen) atoms. The van der Waals surface area contributed by atoms with E-state index in [9.17, 15) is 0 Å². The van der Waals surface area contributed by atoms with Crippen LogP contribution < -0.4 is 10.4 Å². The van der Waals surface area contributed by atoms with Crippen LogP contribution in [-0.2, 0) is 0 Å². The van der Waals surface area contributed by atoms with Gasteiger partial charge in [-0.3, -0.25) is 5.43 Å². The predicted octanol–water partition coefficient (Wildman–Crippen LogP) is 3.31. The lowest BCUT2D eigenvalue weighted by Crippen LogP contribution is -2.19. The highest BCUT2D eigenvalue weighted by Crippen LogP contribution is 2.31. The van der Waals surface area contributed by atoms with Crippen molar-refractivity contribution in [1.82, 2.24) is 5.43 Å². The fourth-order valence-corrected chi connectivity index (χ4v) is 2.03. The Morgan fingerprint density at radius 2 is 1.83 bits per heavy atom. The molecule has 3 rings (SSSR count). The molecule has 1 aliphatic rings. The molecule has 0 unspecified atom stereocenters. The van der Waals surface area contributed by atoms with Crippen LogP contribution in [0.5, 0.6) is 0 Å². The maximum absolute atomic E-state index is 4.06. The van der Waals surface area contributed by atoms with Gasteiger partial charge in [0, 0.05) is 5.56 Å². The average molecular weight is 238 g/mol. The number of aryl methyl sites for hydroxylation is 1. The average Bonchev–Trinajstić information content (AvgIpc) is 2.93. The van der Waals surface area contributed by atoms with Gasteiger partial charge >= 0.3 is 0 Å². The van der Waals surface area contributed by atoms with E-state index >= 15 is 0 Å². The van der Waals surface area contributed by atoms with E-state index in [2.05, 4.69) is 59.2 Å². The molecule has 4 nitrogen and oxygen atoms in total. The second-order valence-corrected chi connectivity index (χ2v) is 4.29. The summed E-state index contributed by atoms with van der Waals surface area (Å²) in [5.74, 6) is 0. The van der Waals surface area contributed by atoms with Crippen LogP contribution in [0.2, 0.25) is 0 Å². The molecule has 0 amide bonds. The van der Waals surface area contributed by atoms with E-state index in [4.69, 9.17) is 0 Å². The third-order valence-corrected chi connectivity index (χ3v) is 2.99. The highest BCUT2D eigenvalue weighted by atomic mass is 15.7. The van der Waals surface area contributed by atoms with Gasteiger partial charge in [-0.05, 0) is 23.8 Å². The molecule has 0 saturated carbocycles. The molecule has 4 heteroatoms. The Labute approximate surface area is 106 Å². The zero-order valence-electron chi connectivity index (χ0n) is 10.2. The Morgan fingerprint density at radius 3 is 2.56 bits per heavy atom. The van der Waals surface area contributed by atoms with E-state index in [0.717, 1.165) is 5.69 Å². The molecule has 2 aromatic carbocycles. The molecule has 0 atom stereocenters. The monoisotopic (exact) mass is 238 g/mol. The summed E-state index contributed by atoms with van der Waals surface area (Å²) in [5.41, 5.74) is 7.53. The number of rotatable bonds is 2. The Kier molecular flexibility index (Phi) is 2.68. The lowest BCUT2D eigenvalue weighted by Gasteiger charge is -2.16. The van der Waals surface area contributed by atoms with Gasteiger partial charge in [-0.15, -0.1) is 0 Å². The first-order valence-corrected chi connectivity index (χ1v) is 5.92. The van der Waals surface area contributed by atoms with E-state index in [0.29, 0.717) is 6.67 Å². The highest BCUT2D eigenvalue weighted by Gasteiger charge is 2.14. The minimum atomic E-state index is 0.614. The van der Waals surface area contributed by atoms with Crippen molar-refractivity contribution in [2.24, 2.45) is 10.4 Å². The molecule has 1 aliphatic heterocycles. The Hall–Kier alpha value is -2.36. The smallest absolute Gasteiger partial charge is 0.129 e. The first kappa shape index (κ1) is 10.8. The summed E-state index contributed by atoms with van der Waals surface area (Å²) in [7, 11) is 0. The van der Waals surface area contributed by atoms with Crippen LogP contribution in [0.15, 0.2) is 59.0 Å². The lowest BCUT2D eigenvalue weighted by atomic mass is 10.0. The Bertz CT molecular complexity index is 575. The van der Waals surface area contributed by atoms with E-state index in [1.54, 1.807) is 0 Å². The van der Waals surface area contributed by atoms with Gasteiger partial charge < -0.3 is 0 Å². The van der Waals surface area contributed by atoms with Crippen molar-refractivity contribution in [2.75, 3.05) is 11.7 Å². The molecule has 0 bridgehead atoms. The van der Waals surface area contributed by atoms with Gasteiger partial charge in [0.25, 0.3) is 0 Å². The van der Waals surface area contributed by atoms with Gasteiger partial charge in [0.15, 0.2) is 0 Å².